The van der Waals surface area contributed by atoms with Gasteiger partial charge in [-0.25, -0.2) is 0 Å². The Kier molecular flexibility index (Phi) is 14.7. The number of rotatable bonds is 0. The van der Waals surface area contributed by atoms with E-state index in [9.17, 15) is 0 Å². The van der Waals surface area contributed by atoms with Crippen LogP contribution in [-0.4, -0.2) is 27.2 Å². The molecule has 4 nitrogen and oxygen atoms in total. The van der Waals surface area contributed by atoms with Crippen LogP contribution in [-0.2, 0) is 0 Å². The monoisotopic (exact) mass is 232 g/mol. The Morgan fingerprint density at radius 3 is 1.56 bits per heavy atom. The average molecular weight is 232 g/mol. The Morgan fingerprint density at radius 2 is 1.12 bits per heavy atom. The molecule has 0 radical (unpaired) electrons. The molecule has 2 aliphatic carbocycles. The van der Waals surface area contributed by atoms with Crippen LogP contribution in [0.4, 0.5) is 0 Å². The summed E-state index contributed by atoms with van der Waals surface area (Å²) in [6, 6.07) is 0.557. The smallest absolute Gasteiger partial charge is 0.00698 e. The number of nitrogens with two attached hydrogens (primary N) is 4. The van der Waals surface area contributed by atoms with Crippen molar-refractivity contribution in [1.82, 2.24) is 0 Å². The molecule has 0 aliphatic heterocycles. The van der Waals surface area contributed by atoms with Crippen LogP contribution in [0.25, 0.3) is 0 Å². The van der Waals surface area contributed by atoms with Gasteiger partial charge in [0.2, 0.25) is 0 Å². The summed E-state index contributed by atoms with van der Waals surface area (Å²) < 4.78 is 0. The molecule has 3 unspecified atom stereocenters. The summed E-state index contributed by atoms with van der Waals surface area (Å²) in [4.78, 5) is 0. The zero-order valence-corrected chi connectivity index (χ0v) is 11.3. The number of hydrogen-bond acceptors (Lipinski definition) is 4. The van der Waals surface area contributed by atoms with E-state index in [0.717, 1.165) is 11.8 Å². The van der Waals surface area contributed by atoms with Crippen LogP contribution in [0.15, 0.2) is 0 Å². The predicted octanol–water partition coefficient (Wildman–Crippen LogP) is 0.639. The Hall–Kier alpha value is -0.160. The normalized spacial score (nSPS) is 30.6. The third-order valence-corrected chi connectivity index (χ3v) is 3.38. The van der Waals surface area contributed by atoms with Gasteiger partial charge in [-0.15, -0.1) is 0 Å². The molecule has 0 saturated heterocycles. The first-order valence-corrected chi connectivity index (χ1v) is 6.37. The van der Waals surface area contributed by atoms with E-state index in [4.69, 9.17) is 5.73 Å². The summed E-state index contributed by atoms with van der Waals surface area (Å²) >= 11 is 0. The van der Waals surface area contributed by atoms with Crippen LogP contribution in [0.1, 0.15) is 38.5 Å². The molecule has 2 saturated carbocycles. The topological polar surface area (TPSA) is 104 Å². The second-order valence-corrected chi connectivity index (χ2v) is 3.95. The lowest BCUT2D eigenvalue weighted by Gasteiger charge is -2.30. The van der Waals surface area contributed by atoms with Gasteiger partial charge in [0.15, 0.2) is 0 Å². The van der Waals surface area contributed by atoms with Gasteiger partial charge in [0.1, 0.15) is 0 Å². The third-order valence-electron chi connectivity index (χ3n) is 3.38. The first-order valence-electron chi connectivity index (χ1n) is 6.37. The zero-order chi connectivity index (χ0) is 13.0. The van der Waals surface area contributed by atoms with Gasteiger partial charge in [0.25, 0.3) is 0 Å². The lowest BCUT2D eigenvalue weighted by atomic mass is 9.78. The van der Waals surface area contributed by atoms with Gasteiger partial charge in [0, 0.05) is 6.04 Å². The first kappa shape index (κ1) is 18.2. The maximum absolute atomic E-state index is 6.02. The molecule has 0 spiro atoms. The third kappa shape index (κ3) is 5.80. The Labute approximate surface area is 101 Å². The quantitative estimate of drug-likeness (QED) is 0.492. The van der Waals surface area contributed by atoms with E-state index < -0.39 is 0 Å². The van der Waals surface area contributed by atoms with Crippen molar-refractivity contribution in [2.45, 2.75) is 44.6 Å². The minimum atomic E-state index is 0.557. The summed E-state index contributed by atoms with van der Waals surface area (Å²) in [5.41, 5.74) is 19.5. The Balaban J connectivity index is 0. The molecule has 0 bridgehead atoms. The van der Waals surface area contributed by atoms with E-state index in [2.05, 4.69) is 17.2 Å². The molecule has 2 fully saturated rings. The van der Waals surface area contributed by atoms with Crippen molar-refractivity contribution < 1.29 is 0 Å². The second-order valence-electron chi connectivity index (χ2n) is 3.95. The van der Waals surface area contributed by atoms with Crippen molar-refractivity contribution in [3.63, 3.8) is 0 Å². The largest absolute Gasteiger partial charge is 0.333 e. The molecule has 100 valence electrons. The Bertz CT molecular complexity index is 130. The lowest BCUT2D eigenvalue weighted by Crippen LogP contribution is -2.35. The molecule has 4 heteroatoms. The van der Waals surface area contributed by atoms with Crippen LogP contribution in [0.5, 0.6) is 0 Å². The van der Waals surface area contributed by atoms with Gasteiger partial charge in [0.05, 0.1) is 0 Å². The van der Waals surface area contributed by atoms with E-state index in [-0.39, 0.29) is 0 Å². The fourth-order valence-corrected chi connectivity index (χ4v) is 2.82. The molecule has 2 aliphatic rings. The predicted molar refractivity (Wildman–Crippen MR) is 73.0 cm³/mol. The summed E-state index contributed by atoms with van der Waals surface area (Å²) in [6.45, 7) is 0. The van der Waals surface area contributed by atoms with Crippen LogP contribution < -0.4 is 22.9 Å². The van der Waals surface area contributed by atoms with Crippen LogP contribution in [0, 0.1) is 11.8 Å². The highest BCUT2D eigenvalue weighted by molar-refractivity contribution is 4.88. The van der Waals surface area contributed by atoms with E-state index in [1.807, 2.05) is 0 Å². The molecule has 8 N–H and O–H groups in total. The molecule has 0 aromatic heterocycles. The fraction of sp³-hybridized carbons (Fsp3) is 1.00. The van der Waals surface area contributed by atoms with E-state index in [0.29, 0.717) is 6.04 Å². The highest BCUT2D eigenvalue weighted by Crippen LogP contribution is 2.41. The van der Waals surface area contributed by atoms with Crippen LogP contribution in [0.2, 0.25) is 0 Å². The summed E-state index contributed by atoms with van der Waals surface area (Å²) in [5, 5.41) is 0. The van der Waals surface area contributed by atoms with E-state index >= 15 is 0 Å². The molecule has 16 heavy (non-hydrogen) atoms. The number of hydrogen-bond donors (Lipinski definition) is 4. The van der Waals surface area contributed by atoms with Crippen molar-refractivity contribution in [3.8, 4) is 0 Å². The van der Waals surface area contributed by atoms with Crippen molar-refractivity contribution in [3.05, 3.63) is 0 Å². The van der Waals surface area contributed by atoms with Gasteiger partial charge >= 0.3 is 0 Å². The fourth-order valence-electron chi connectivity index (χ4n) is 2.82. The second kappa shape index (κ2) is 12.9. The van der Waals surface area contributed by atoms with Crippen molar-refractivity contribution in [2.75, 3.05) is 21.1 Å². The van der Waals surface area contributed by atoms with Gasteiger partial charge in [-0.2, -0.15) is 0 Å². The van der Waals surface area contributed by atoms with Crippen molar-refractivity contribution in [2.24, 2.45) is 34.8 Å². The highest BCUT2D eigenvalue weighted by Gasteiger charge is 2.34. The minimum Gasteiger partial charge on any atom is -0.333 e. The standard InChI is InChI=1S/C9H17N.3CH5N/c10-9-6-2-4-7-3-1-5-8(7)9;3*1-2/h7-9H,1-6,10H2;3*2H2,1H3. The zero-order valence-electron chi connectivity index (χ0n) is 11.3. The maximum atomic E-state index is 6.02. The van der Waals surface area contributed by atoms with Gasteiger partial charge in [-0.1, -0.05) is 25.7 Å². The summed E-state index contributed by atoms with van der Waals surface area (Å²) in [7, 11) is 4.50. The van der Waals surface area contributed by atoms with Crippen molar-refractivity contribution >= 4 is 0 Å². The molecule has 0 aromatic rings. The molecular formula is C12H32N4. The molecule has 0 amide bonds. The molecule has 3 atom stereocenters. The van der Waals surface area contributed by atoms with E-state index in [1.165, 1.54) is 59.7 Å². The Morgan fingerprint density at radius 1 is 0.688 bits per heavy atom. The SMILES string of the molecule is CN.CN.CN.NC1CCCC2CCCC12. The maximum Gasteiger partial charge on any atom is 0.00698 e. The van der Waals surface area contributed by atoms with Crippen molar-refractivity contribution in [1.29, 1.82) is 0 Å². The lowest BCUT2D eigenvalue weighted by molar-refractivity contribution is 0.240. The number of fused-ring (bicyclic) bond motifs is 1. The first-order chi connectivity index (χ1) is 7.88. The van der Waals surface area contributed by atoms with Gasteiger partial charge < -0.3 is 22.9 Å². The molecule has 2 rings (SSSR count). The van der Waals surface area contributed by atoms with E-state index in [1.54, 1.807) is 0 Å². The van der Waals surface area contributed by atoms with Crippen LogP contribution in [0.3, 0.4) is 0 Å². The van der Waals surface area contributed by atoms with Gasteiger partial charge in [-0.3, -0.25) is 0 Å². The summed E-state index contributed by atoms with van der Waals surface area (Å²) in [5.74, 6) is 1.93. The van der Waals surface area contributed by atoms with Crippen LogP contribution >= 0.6 is 0 Å². The molecular weight excluding hydrogens is 200 g/mol. The summed E-state index contributed by atoms with van der Waals surface area (Å²) in [6.07, 6.45) is 8.50. The molecule has 0 aromatic carbocycles. The minimum absolute atomic E-state index is 0.557. The molecule has 0 heterocycles. The highest BCUT2D eigenvalue weighted by atomic mass is 14.7. The average Bonchev–Trinajstić information content (AvgIpc) is 2.87. The van der Waals surface area contributed by atoms with Gasteiger partial charge in [-0.05, 0) is 45.8 Å².